The molecule has 4 rings (SSSR count). The number of amides is 1. The first kappa shape index (κ1) is 20.1. The third-order valence-electron chi connectivity index (χ3n) is 5.19. The molecule has 0 fully saturated rings. The normalized spacial score (nSPS) is 18.7. The van der Waals surface area contributed by atoms with E-state index in [9.17, 15) is 9.90 Å². The third-order valence-corrected chi connectivity index (χ3v) is 6.01. The number of aromatic hydroxyl groups is 1. The lowest BCUT2D eigenvalue weighted by atomic mass is 9.96. The Morgan fingerprint density at radius 1 is 1.31 bits per heavy atom. The minimum absolute atomic E-state index is 0.00684. The molecule has 1 aromatic heterocycles. The fraction of sp³-hybridized carbons (Fsp3) is 0.429. The second-order valence-corrected chi connectivity index (χ2v) is 9.24. The van der Waals surface area contributed by atoms with Gasteiger partial charge in [-0.15, -0.1) is 0 Å². The van der Waals surface area contributed by atoms with Crippen molar-refractivity contribution in [3.8, 4) is 5.75 Å². The molecule has 2 aromatic rings. The highest BCUT2D eigenvalue weighted by Gasteiger charge is 2.33. The predicted molar refractivity (Wildman–Crippen MR) is 113 cm³/mol. The van der Waals surface area contributed by atoms with E-state index in [1.54, 1.807) is 17.0 Å². The largest absolute Gasteiger partial charge is 0.508 e. The Labute approximate surface area is 179 Å². The molecule has 8 heteroatoms. The molecule has 0 aliphatic carbocycles. The molecule has 154 valence electrons. The fourth-order valence-corrected chi connectivity index (χ4v) is 4.37. The van der Waals surface area contributed by atoms with Gasteiger partial charge in [0.2, 0.25) is 0 Å². The molecule has 1 aromatic carbocycles. The van der Waals surface area contributed by atoms with Gasteiger partial charge < -0.3 is 19.3 Å². The van der Waals surface area contributed by atoms with Gasteiger partial charge in [-0.2, -0.15) is 0 Å². The summed E-state index contributed by atoms with van der Waals surface area (Å²) in [6, 6.07) is 3.17. The number of fused-ring (bicyclic) bond motifs is 1. The van der Waals surface area contributed by atoms with Gasteiger partial charge in [0, 0.05) is 31.0 Å². The molecule has 3 heterocycles. The summed E-state index contributed by atoms with van der Waals surface area (Å²) in [6.07, 6.45) is 4.22. The van der Waals surface area contributed by atoms with E-state index in [1.807, 2.05) is 33.0 Å². The van der Waals surface area contributed by atoms with Gasteiger partial charge in [-0.05, 0) is 38.5 Å². The molecule has 1 amide bonds. The zero-order valence-electron chi connectivity index (χ0n) is 16.6. The Balaban J connectivity index is 1.52. The summed E-state index contributed by atoms with van der Waals surface area (Å²) in [5.74, 6) is 1.07. The molecular weight excluding hydrogens is 413 g/mol. The lowest BCUT2D eigenvalue weighted by Crippen LogP contribution is -2.35. The van der Waals surface area contributed by atoms with Crippen LogP contribution in [-0.2, 0) is 17.7 Å². The SMILES string of the molecule is CC(C)(C)OC(=O)N1CC=C(c2cnc3n2C[C@H](c2c(O)ccc(Cl)c2Cl)C3)C1. The first-order valence-electron chi connectivity index (χ1n) is 9.52. The number of benzene rings is 1. The standard InChI is InChI=1S/C21H23Cl2N3O3/c1-21(2,3)29-20(28)25-7-6-12(10-25)15-9-24-17-8-13(11-26(15)17)18-16(27)5-4-14(22)19(18)23/h4-6,9,13,27H,7-8,10-11H2,1-3H3/t13-/m1/s1. The quantitative estimate of drug-likeness (QED) is 0.730. The molecule has 2 aliphatic heterocycles. The predicted octanol–water partition coefficient (Wildman–Crippen LogP) is 4.87. The molecule has 0 saturated carbocycles. The van der Waals surface area contributed by atoms with Crippen molar-refractivity contribution in [3.63, 3.8) is 0 Å². The highest BCUT2D eigenvalue weighted by atomic mass is 35.5. The van der Waals surface area contributed by atoms with E-state index in [1.165, 1.54) is 0 Å². The average molecular weight is 436 g/mol. The Morgan fingerprint density at radius 2 is 2.07 bits per heavy atom. The second-order valence-electron chi connectivity index (χ2n) is 8.46. The van der Waals surface area contributed by atoms with Crippen molar-refractivity contribution in [2.45, 2.75) is 45.3 Å². The summed E-state index contributed by atoms with van der Waals surface area (Å²) >= 11 is 12.5. The fourth-order valence-electron chi connectivity index (χ4n) is 3.89. The number of phenols is 1. The topological polar surface area (TPSA) is 67.6 Å². The zero-order valence-corrected chi connectivity index (χ0v) is 18.1. The third kappa shape index (κ3) is 3.83. The van der Waals surface area contributed by atoms with Gasteiger partial charge in [0.05, 0.1) is 28.5 Å². The van der Waals surface area contributed by atoms with Crippen molar-refractivity contribution in [2.24, 2.45) is 0 Å². The van der Waals surface area contributed by atoms with Crippen molar-refractivity contribution in [1.29, 1.82) is 0 Å². The summed E-state index contributed by atoms with van der Waals surface area (Å²) < 4.78 is 7.60. The van der Waals surface area contributed by atoms with Gasteiger partial charge in [-0.25, -0.2) is 9.78 Å². The molecule has 0 unspecified atom stereocenters. The molecule has 1 atom stereocenters. The van der Waals surface area contributed by atoms with E-state index in [-0.39, 0.29) is 17.8 Å². The van der Waals surface area contributed by atoms with Crippen LogP contribution < -0.4 is 0 Å². The number of nitrogens with zero attached hydrogens (tertiary/aromatic N) is 3. The van der Waals surface area contributed by atoms with E-state index in [0.717, 1.165) is 17.1 Å². The van der Waals surface area contributed by atoms with Crippen LogP contribution in [0.15, 0.2) is 24.4 Å². The number of ether oxygens (including phenoxy) is 1. The minimum atomic E-state index is -0.525. The van der Waals surface area contributed by atoms with E-state index in [2.05, 4.69) is 9.55 Å². The van der Waals surface area contributed by atoms with Crippen LogP contribution >= 0.6 is 23.2 Å². The van der Waals surface area contributed by atoms with Gasteiger partial charge in [0.15, 0.2) is 0 Å². The summed E-state index contributed by atoms with van der Waals surface area (Å²) in [5, 5.41) is 11.1. The van der Waals surface area contributed by atoms with Gasteiger partial charge in [-0.1, -0.05) is 29.3 Å². The Bertz CT molecular complexity index is 1010. The summed E-state index contributed by atoms with van der Waals surface area (Å²) in [5.41, 5.74) is 2.15. The second kappa shape index (κ2) is 7.26. The van der Waals surface area contributed by atoms with E-state index in [4.69, 9.17) is 27.9 Å². The van der Waals surface area contributed by atoms with Crippen LogP contribution in [0, 0.1) is 0 Å². The molecule has 0 radical (unpaired) electrons. The molecule has 1 N–H and O–H groups in total. The maximum atomic E-state index is 12.3. The van der Waals surface area contributed by atoms with Gasteiger partial charge in [0.1, 0.15) is 17.2 Å². The average Bonchev–Trinajstić information content (AvgIpc) is 3.32. The molecule has 0 spiro atoms. The molecular formula is C21H23Cl2N3O3. The summed E-state index contributed by atoms with van der Waals surface area (Å²) in [7, 11) is 0. The zero-order chi connectivity index (χ0) is 20.9. The van der Waals surface area contributed by atoms with Crippen molar-refractivity contribution < 1.29 is 14.6 Å². The van der Waals surface area contributed by atoms with Gasteiger partial charge >= 0.3 is 6.09 Å². The first-order chi connectivity index (χ1) is 13.6. The lowest BCUT2D eigenvalue weighted by molar-refractivity contribution is 0.0306. The molecule has 2 aliphatic rings. The monoisotopic (exact) mass is 435 g/mol. The van der Waals surface area contributed by atoms with E-state index in [0.29, 0.717) is 41.7 Å². The highest BCUT2D eigenvalue weighted by Crippen LogP contribution is 2.42. The first-order valence-corrected chi connectivity index (χ1v) is 10.3. The molecule has 6 nitrogen and oxygen atoms in total. The number of halogens is 2. The van der Waals surface area contributed by atoms with Crippen LogP contribution in [-0.4, -0.2) is 44.3 Å². The molecule has 0 saturated heterocycles. The molecule has 0 bridgehead atoms. The lowest BCUT2D eigenvalue weighted by Gasteiger charge is -2.24. The highest BCUT2D eigenvalue weighted by molar-refractivity contribution is 6.42. The van der Waals surface area contributed by atoms with E-state index >= 15 is 0 Å². The number of carbonyl (C=O) groups is 1. The maximum Gasteiger partial charge on any atom is 0.410 e. The number of hydrogen-bond donors (Lipinski definition) is 1. The number of imidazole rings is 1. The van der Waals surface area contributed by atoms with Crippen LogP contribution in [0.1, 0.15) is 43.8 Å². The number of rotatable bonds is 2. The van der Waals surface area contributed by atoms with Gasteiger partial charge in [-0.3, -0.25) is 0 Å². The van der Waals surface area contributed by atoms with Crippen molar-refractivity contribution in [3.05, 3.63) is 51.5 Å². The van der Waals surface area contributed by atoms with Crippen LogP contribution in [0.25, 0.3) is 5.57 Å². The van der Waals surface area contributed by atoms with Crippen LogP contribution in [0.3, 0.4) is 0 Å². The minimum Gasteiger partial charge on any atom is -0.508 e. The van der Waals surface area contributed by atoms with Crippen LogP contribution in [0.2, 0.25) is 10.0 Å². The van der Waals surface area contributed by atoms with E-state index < -0.39 is 5.60 Å². The van der Waals surface area contributed by atoms with Crippen LogP contribution in [0.5, 0.6) is 5.75 Å². The number of aromatic nitrogens is 2. The summed E-state index contributed by atoms with van der Waals surface area (Å²) in [6.45, 7) is 7.20. The van der Waals surface area contributed by atoms with Crippen molar-refractivity contribution >= 4 is 34.9 Å². The summed E-state index contributed by atoms with van der Waals surface area (Å²) in [4.78, 5) is 18.6. The number of phenolic OH excluding ortho intramolecular Hbond substituents is 1. The van der Waals surface area contributed by atoms with Crippen molar-refractivity contribution in [1.82, 2.24) is 14.5 Å². The smallest absolute Gasteiger partial charge is 0.410 e. The maximum absolute atomic E-state index is 12.3. The number of hydrogen-bond acceptors (Lipinski definition) is 4. The van der Waals surface area contributed by atoms with Gasteiger partial charge in [0.25, 0.3) is 0 Å². The molecule has 29 heavy (non-hydrogen) atoms. The Kier molecular flexibility index (Phi) is 5.03. The Hall–Kier alpha value is -2.18. The number of carbonyl (C=O) groups excluding carboxylic acids is 1. The Morgan fingerprint density at radius 3 is 2.79 bits per heavy atom. The van der Waals surface area contributed by atoms with Crippen molar-refractivity contribution in [2.75, 3.05) is 13.1 Å². The van der Waals surface area contributed by atoms with Crippen LogP contribution in [0.4, 0.5) is 4.79 Å².